The molecule has 1 aliphatic rings. The van der Waals surface area contributed by atoms with Gasteiger partial charge < -0.3 is 0 Å². The Morgan fingerprint density at radius 2 is 2.19 bits per heavy atom. The number of hydrogen-bond acceptors (Lipinski definition) is 3. The molecule has 0 N–H and O–H groups in total. The summed E-state index contributed by atoms with van der Waals surface area (Å²) < 4.78 is 1.82. The van der Waals surface area contributed by atoms with Crippen LogP contribution in [-0.2, 0) is 0 Å². The molecule has 0 bridgehead atoms. The molecule has 1 fully saturated rings. The number of pyridine rings is 1. The predicted octanol–water partition coefficient (Wildman–Crippen LogP) is 3.39. The lowest BCUT2D eigenvalue weighted by Crippen LogP contribution is -1.96. The van der Waals surface area contributed by atoms with Crippen LogP contribution in [0.25, 0.3) is 5.82 Å². The Labute approximate surface area is 102 Å². The maximum absolute atomic E-state index is 5.63. The Morgan fingerprint density at radius 3 is 2.81 bits per heavy atom. The number of aromatic nitrogens is 3. The average Bonchev–Trinajstić information content (AvgIpc) is 3.08. The Balaban J connectivity index is 1.88. The van der Waals surface area contributed by atoms with Crippen LogP contribution in [0, 0.1) is 0 Å². The van der Waals surface area contributed by atoms with Crippen molar-refractivity contribution in [1.29, 1.82) is 0 Å². The van der Waals surface area contributed by atoms with Gasteiger partial charge in [-0.1, -0.05) is 0 Å². The first kappa shape index (κ1) is 10.2. The lowest BCUT2D eigenvalue weighted by molar-refractivity contribution is 0.842. The van der Waals surface area contributed by atoms with Gasteiger partial charge in [-0.3, -0.25) is 0 Å². The second-order valence-electron chi connectivity index (χ2n) is 3.92. The van der Waals surface area contributed by atoms with Crippen molar-refractivity contribution in [1.82, 2.24) is 14.8 Å². The van der Waals surface area contributed by atoms with Crippen molar-refractivity contribution in [3.8, 4) is 5.82 Å². The van der Waals surface area contributed by atoms with Crippen molar-refractivity contribution in [2.45, 2.75) is 23.7 Å². The van der Waals surface area contributed by atoms with Crippen LogP contribution in [0.2, 0.25) is 0 Å². The van der Waals surface area contributed by atoms with E-state index in [9.17, 15) is 0 Å². The molecule has 2 aromatic rings. The molecule has 0 amide bonds. The molecule has 3 rings (SSSR count). The van der Waals surface area contributed by atoms with Crippen molar-refractivity contribution in [2.75, 3.05) is 0 Å². The smallest absolute Gasteiger partial charge is 0.153 e. The Hall–Kier alpha value is -1.00. The number of hydrogen-bond donors (Lipinski definition) is 0. The summed E-state index contributed by atoms with van der Waals surface area (Å²) in [6.45, 7) is 0. The number of rotatable bonds is 3. The summed E-state index contributed by atoms with van der Waals surface area (Å²) in [5.41, 5.74) is 1.32. The standard InChI is InChI=1S/C11H10ClN3S/c12-16-10-3-4-11(13-6-10)15-7-9(5-14-15)8-1-2-8/h3-8H,1-2H2. The topological polar surface area (TPSA) is 30.7 Å². The van der Waals surface area contributed by atoms with Crippen LogP contribution in [0.5, 0.6) is 0 Å². The first-order valence-electron chi connectivity index (χ1n) is 5.16. The summed E-state index contributed by atoms with van der Waals surface area (Å²) in [6, 6.07) is 3.87. The molecule has 0 spiro atoms. The minimum atomic E-state index is 0.728. The van der Waals surface area contributed by atoms with Gasteiger partial charge in [0.05, 0.1) is 6.20 Å². The van der Waals surface area contributed by atoms with Crippen LogP contribution >= 0.6 is 21.7 Å². The molecule has 0 unspecified atom stereocenters. The van der Waals surface area contributed by atoms with Gasteiger partial charge in [0.25, 0.3) is 0 Å². The van der Waals surface area contributed by atoms with Gasteiger partial charge in [-0.15, -0.1) is 0 Å². The lowest BCUT2D eigenvalue weighted by Gasteiger charge is -2.00. The Morgan fingerprint density at radius 1 is 1.31 bits per heavy atom. The second kappa shape index (κ2) is 4.11. The molecule has 0 radical (unpaired) electrons. The number of nitrogens with zero attached hydrogens (tertiary/aromatic N) is 3. The highest BCUT2D eigenvalue weighted by atomic mass is 35.7. The first-order chi connectivity index (χ1) is 7.86. The van der Waals surface area contributed by atoms with Crippen molar-refractivity contribution >= 4 is 21.7 Å². The molecule has 5 heteroatoms. The predicted molar refractivity (Wildman–Crippen MR) is 65.0 cm³/mol. The van der Waals surface area contributed by atoms with Gasteiger partial charge in [0.2, 0.25) is 0 Å². The van der Waals surface area contributed by atoms with E-state index in [4.69, 9.17) is 10.7 Å². The van der Waals surface area contributed by atoms with Crippen LogP contribution in [0.3, 0.4) is 0 Å². The van der Waals surface area contributed by atoms with Crippen molar-refractivity contribution < 1.29 is 0 Å². The van der Waals surface area contributed by atoms with Gasteiger partial charge >= 0.3 is 0 Å². The van der Waals surface area contributed by atoms with Gasteiger partial charge in [0, 0.05) is 17.3 Å². The van der Waals surface area contributed by atoms with Crippen LogP contribution in [-0.4, -0.2) is 14.8 Å². The molecule has 1 saturated carbocycles. The van der Waals surface area contributed by atoms with E-state index in [1.165, 1.54) is 29.4 Å². The SMILES string of the molecule is ClSc1ccc(-n2cc(C3CC3)cn2)nc1. The van der Waals surface area contributed by atoms with E-state index < -0.39 is 0 Å². The average molecular weight is 252 g/mol. The monoisotopic (exact) mass is 251 g/mol. The summed E-state index contributed by atoms with van der Waals surface area (Å²) in [5.74, 6) is 1.56. The van der Waals surface area contributed by atoms with Gasteiger partial charge in [-0.25, -0.2) is 9.67 Å². The summed E-state index contributed by atoms with van der Waals surface area (Å²) in [5, 5.41) is 4.32. The van der Waals surface area contributed by atoms with E-state index in [0.717, 1.165) is 16.6 Å². The van der Waals surface area contributed by atoms with E-state index in [1.807, 2.05) is 23.0 Å². The fraction of sp³-hybridized carbons (Fsp3) is 0.273. The third-order valence-electron chi connectivity index (χ3n) is 2.70. The maximum atomic E-state index is 5.63. The molecule has 16 heavy (non-hydrogen) atoms. The van der Waals surface area contributed by atoms with Crippen LogP contribution in [0.1, 0.15) is 24.3 Å². The largest absolute Gasteiger partial charge is 0.236 e. The zero-order valence-corrected chi connectivity index (χ0v) is 10.1. The molecule has 1 aliphatic carbocycles. The van der Waals surface area contributed by atoms with Gasteiger partial charge in [0.15, 0.2) is 5.82 Å². The lowest BCUT2D eigenvalue weighted by atomic mass is 10.2. The zero-order valence-electron chi connectivity index (χ0n) is 8.51. The fourth-order valence-electron chi connectivity index (χ4n) is 1.64. The molecule has 0 saturated heterocycles. The summed E-state index contributed by atoms with van der Waals surface area (Å²) in [6.07, 6.45) is 8.34. The van der Waals surface area contributed by atoms with E-state index in [2.05, 4.69) is 16.3 Å². The molecule has 82 valence electrons. The first-order valence-corrected chi connectivity index (χ1v) is 6.80. The summed E-state index contributed by atoms with van der Waals surface area (Å²) >= 11 is 0. The minimum Gasteiger partial charge on any atom is -0.236 e. The highest BCUT2D eigenvalue weighted by molar-refractivity contribution is 8.21. The van der Waals surface area contributed by atoms with Gasteiger partial charge in [-0.2, -0.15) is 5.10 Å². The maximum Gasteiger partial charge on any atom is 0.153 e. The molecule has 0 atom stereocenters. The van der Waals surface area contributed by atoms with E-state index in [-0.39, 0.29) is 0 Å². The molecule has 3 nitrogen and oxygen atoms in total. The van der Waals surface area contributed by atoms with E-state index in [1.54, 1.807) is 6.20 Å². The van der Waals surface area contributed by atoms with Crippen molar-refractivity contribution in [3.63, 3.8) is 0 Å². The Bertz CT molecular complexity index is 490. The fourth-order valence-corrected chi connectivity index (χ4v) is 2.13. The minimum absolute atomic E-state index is 0.728. The number of halogens is 1. The highest BCUT2D eigenvalue weighted by Gasteiger charge is 2.24. The third-order valence-corrected chi connectivity index (χ3v) is 3.65. The quantitative estimate of drug-likeness (QED) is 0.838. The third kappa shape index (κ3) is 1.95. The summed E-state index contributed by atoms with van der Waals surface area (Å²) in [4.78, 5) is 5.25. The molecule has 2 aromatic heterocycles. The second-order valence-corrected chi connectivity index (χ2v) is 5.01. The van der Waals surface area contributed by atoms with Crippen LogP contribution in [0.15, 0.2) is 35.6 Å². The molecule has 0 aromatic carbocycles. The normalized spacial score (nSPS) is 15.3. The van der Waals surface area contributed by atoms with Crippen molar-refractivity contribution in [3.05, 3.63) is 36.3 Å². The van der Waals surface area contributed by atoms with E-state index in [0.29, 0.717) is 0 Å². The van der Waals surface area contributed by atoms with Gasteiger partial charge in [0.1, 0.15) is 0 Å². The zero-order chi connectivity index (χ0) is 11.0. The highest BCUT2D eigenvalue weighted by Crippen LogP contribution is 2.39. The van der Waals surface area contributed by atoms with E-state index >= 15 is 0 Å². The molecule has 2 heterocycles. The molecular formula is C11H10ClN3S. The van der Waals surface area contributed by atoms with Crippen LogP contribution < -0.4 is 0 Å². The molecular weight excluding hydrogens is 242 g/mol. The van der Waals surface area contributed by atoms with Crippen molar-refractivity contribution in [2.24, 2.45) is 0 Å². The summed E-state index contributed by atoms with van der Waals surface area (Å²) in [7, 11) is 6.81. The van der Waals surface area contributed by atoms with Gasteiger partial charge in [-0.05, 0) is 58.1 Å². The molecule has 0 aliphatic heterocycles. The Kier molecular flexibility index (Phi) is 2.61. The van der Waals surface area contributed by atoms with Crippen LogP contribution in [0.4, 0.5) is 0 Å².